The third kappa shape index (κ3) is 4.06. The minimum absolute atomic E-state index is 0. The van der Waals surface area contributed by atoms with Crippen LogP contribution in [0.25, 0.3) is 10.9 Å². The van der Waals surface area contributed by atoms with Crippen molar-refractivity contribution in [3.63, 3.8) is 0 Å². The van der Waals surface area contributed by atoms with Crippen LogP contribution in [0.15, 0.2) is 30.5 Å². The van der Waals surface area contributed by atoms with Gasteiger partial charge in [0.05, 0.1) is 18.7 Å². The van der Waals surface area contributed by atoms with Crippen LogP contribution in [0, 0.1) is 0 Å². The van der Waals surface area contributed by atoms with Gasteiger partial charge in [-0.2, -0.15) is 0 Å². The summed E-state index contributed by atoms with van der Waals surface area (Å²) in [4.78, 5) is 4.33. The summed E-state index contributed by atoms with van der Waals surface area (Å²) in [6.07, 6.45) is 1.46. The Morgan fingerprint density at radius 3 is 2.84 bits per heavy atom. The molecule has 1 atom stereocenters. The standard InChI is InChI=1S/C14H18N2O2.ClH/c1-10(17)8-15-9-11-5-6-16-14-4-3-12(18-2)7-13(11)14;/h3-7,10,15,17H,8-9H2,1-2H3;1H. The molecule has 0 aliphatic carbocycles. The Balaban J connectivity index is 0.00000180. The van der Waals surface area contributed by atoms with Crippen molar-refractivity contribution in [3.8, 4) is 5.75 Å². The summed E-state index contributed by atoms with van der Waals surface area (Å²) in [6, 6.07) is 7.83. The molecule has 0 saturated carbocycles. The van der Waals surface area contributed by atoms with Crippen LogP contribution >= 0.6 is 12.4 Å². The Labute approximate surface area is 119 Å². The maximum absolute atomic E-state index is 9.23. The minimum Gasteiger partial charge on any atom is -0.497 e. The molecular weight excluding hydrogens is 264 g/mol. The van der Waals surface area contributed by atoms with E-state index >= 15 is 0 Å². The lowest BCUT2D eigenvalue weighted by Crippen LogP contribution is -2.23. The van der Waals surface area contributed by atoms with E-state index in [0.717, 1.165) is 22.2 Å². The first kappa shape index (κ1) is 15.7. The summed E-state index contributed by atoms with van der Waals surface area (Å²) < 4.78 is 5.23. The number of pyridine rings is 1. The third-order valence-corrected chi connectivity index (χ3v) is 2.79. The van der Waals surface area contributed by atoms with Crippen LogP contribution in [0.2, 0.25) is 0 Å². The van der Waals surface area contributed by atoms with Crippen molar-refractivity contribution in [2.75, 3.05) is 13.7 Å². The van der Waals surface area contributed by atoms with Gasteiger partial charge in [-0.25, -0.2) is 0 Å². The normalized spacial score (nSPS) is 11.9. The average Bonchev–Trinajstić information content (AvgIpc) is 2.38. The molecule has 1 aromatic heterocycles. The zero-order chi connectivity index (χ0) is 13.0. The van der Waals surface area contributed by atoms with E-state index in [1.54, 1.807) is 20.2 Å². The maximum atomic E-state index is 9.23. The van der Waals surface area contributed by atoms with Crippen LogP contribution in [-0.2, 0) is 6.54 Å². The van der Waals surface area contributed by atoms with Crippen molar-refractivity contribution in [1.29, 1.82) is 0 Å². The van der Waals surface area contributed by atoms with E-state index in [0.29, 0.717) is 13.1 Å². The molecule has 1 aromatic carbocycles. The molecule has 0 amide bonds. The summed E-state index contributed by atoms with van der Waals surface area (Å²) in [6.45, 7) is 3.05. The van der Waals surface area contributed by atoms with Gasteiger partial charge in [0.25, 0.3) is 0 Å². The lowest BCUT2D eigenvalue weighted by Gasteiger charge is -2.10. The van der Waals surface area contributed by atoms with Crippen LogP contribution in [0.1, 0.15) is 12.5 Å². The highest BCUT2D eigenvalue weighted by Gasteiger charge is 2.04. The first-order valence-corrected chi connectivity index (χ1v) is 6.01. The van der Waals surface area contributed by atoms with Crippen LogP contribution < -0.4 is 10.1 Å². The molecule has 104 valence electrons. The summed E-state index contributed by atoms with van der Waals surface area (Å²) in [5.41, 5.74) is 2.10. The van der Waals surface area contributed by atoms with Gasteiger partial charge >= 0.3 is 0 Å². The van der Waals surface area contributed by atoms with Crippen molar-refractivity contribution < 1.29 is 9.84 Å². The summed E-state index contributed by atoms with van der Waals surface area (Å²) in [5.74, 6) is 0.826. The molecule has 5 heteroatoms. The first-order chi connectivity index (χ1) is 8.70. The van der Waals surface area contributed by atoms with Crippen LogP contribution in [0.5, 0.6) is 5.75 Å². The van der Waals surface area contributed by atoms with Crippen molar-refractivity contribution >= 4 is 23.3 Å². The van der Waals surface area contributed by atoms with Crippen molar-refractivity contribution in [2.45, 2.75) is 19.6 Å². The number of aliphatic hydroxyl groups excluding tert-OH is 1. The van der Waals surface area contributed by atoms with Gasteiger partial charge < -0.3 is 15.2 Å². The second-order valence-electron chi connectivity index (χ2n) is 4.33. The lowest BCUT2D eigenvalue weighted by atomic mass is 10.1. The van der Waals surface area contributed by atoms with Gasteiger partial charge in [-0.05, 0) is 36.8 Å². The summed E-state index contributed by atoms with van der Waals surface area (Å²) in [7, 11) is 1.66. The molecule has 4 nitrogen and oxygen atoms in total. The molecule has 0 aliphatic heterocycles. The zero-order valence-corrected chi connectivity index (χ0v) is 11.9. The SMILES string of the molecule is COc1ccc2nccc(CNCC(C)O)c2c1.Cl. The Bertz CT molecular complexity index is 532. The molecule has 2 rings (SSSR count). The van der Waals surface area contributed by atoms with Crippen LogP contribution in [0.4, 0.5) is 0 Å². The molecule has 19 heavy (non-hydrogen) atoms. The van der Waals surface area contributed by atoms with E-state index in [1.165, 1.54) is 0 Å². The molecule has 0 aliphatic rings. The molecule has 1 heterocycles. The fraction of sp³-hybridized carbons (Fsp3) is 0.357. The molecule has 1 unspecified atom stereocenters. The van der Waals surface area contributed by atoms with Crippen LogP contribution in [-0.4, -0.2) is 29.8 Å². The fourth-order valence-electron chi connectivity index (χ4n) is 1.88. The summed E-state index contributed by atoms with van der Waals surface area (Å²) >= 11 is 0. The number of nitrogens with one attached hydrogen (secondary N) is 1. The van der Waals surface area contributed by atoms with Gasteiger partial charge in [0, 0.05) is 24.7 Å². The number of nitrogens with zero attached hydrogens (tertiary/aromatic N) is 1. The van der Waals surface area contributed by atoms with Gasteiger partial charge in [0.15, 0.2) is 0 Å². The topological polar surface area (TPSA) is 54.4 Å². The Morgan fingerprint density at radius 1 is 1.37 bits per heavy atom. The second kappa shape index (κ2) is 7.28. The molecule has 0 bridgehead atoms. The number of ether oxygens (including phenoxy) is 1. The lowest BCUT2D eigenvalue weighted by molar-refractivity contribution is 0.191. The monoisotopic (exact) mass is 282 g/mol. The molecule has 2 N–H and O–H groups in total. The van der Waals surface area contributed by atoms with E-state index in [2.05, 4.69) is 10.3 Å². The number of hydrogen-bond donors (Lipinski definition) is 2. The highest BCUT2D eigenvalue weighted by atomic mass is 35.5. The van der Waals surface area contributed by atoms with Gasteiger partial charge in [-0.3, -0.25) is 4.98 Å². The zero-order valence-electron chi connectivity index (χ0n) is 11.1. The van der Waals surface area contributed by atoms with Crippen molar-refractivity contribution in [2.24, 2.45) is 0 Å². The molecule has 0 fully saturated rings. The molecule has 0 spiro atoms. The fourth-order valence-corrected chi connectivity index (χ4v) is 1.88. The Hall–Kier alpha value is -1.36. The highest BCUT2D eigenvalue weighted by Crippen LogP contribution is 2.22. The number of aliphatic hydroxyl groups is 1. The van der Waals surface area contributed by atoms with E-state index in [1.807, 2.05) is 24.3 Å². The summed E-state index contributed by atoms with van der Waals surface area (Å²) in [5, 5.41) is 13.5. The van der Waals surface area contributed by atoms with Crippen LogP contribution in [0.3, 0.4) is 0 Å². The average molecular weight is 283 g/mol. The van der Waals surface area contributed by atoms with E-state index in [-0.39, 0.29) is 18.5 Å². The van der Waals surface area contributed by atoms with E-state index < -0.39 is 0 Å². The van der Waals surface area contributed by atoms with Crippen molar-refractivity contribution in [1.82, 2.24) is 10.3 Å². The molecule has 2 aromatic rings. The number of benzene rings is 1. The van der Waals surface area contributed by atoms with Gasteiger partial charge in [-0.1, -0.05) is 0 Å². The second-order valence-corrected chi connectivity index (χ2v) is 4.33. The van der Waals surface area contributed by atoms with Crippen molar-refractivity contribution in [3.05, 3.63) is 36.0 Å². The smallest absolute Gasteiger partial charge is 0.119 e. The van der Waals surface area contributed by atoms with E-state index in [4.69, 9.17) is 4.74 Å². The third-order valence-electron chi connectivity index (χ3n) is 2.79. The maximum Gasteiger partial charge on any atom is 0.119 e. The van der Waals surface area contributed by atoms with Gasteiger partial charge in [0.2, 0.25) is 0 Å². The quantitative estimate of drug-likeness (QED) is 0.882. The molecular formula is C14H19ClN2O2. The van der Waals surface area contributed by atoms with E-state index in [9.17, 15) is 5.11 Å². The van der Waals surface area contributed by atoms with Gasteiger partial charge in [0.1, 0.15) is 5.75 Å². The first-order valence-electron chi connectivity index (χ1n) is 6.01. The number of hydrogen-bond acceptors (Lipinski definition) is 4. The number of methoxy groups -OCH3 is 1. The largest absolute Gasteiger partial charge is 0.497 e. The van der Waals surface area contributed by atoms with Gasteiger partial charge in [-0.15, -0.1) is 12.4 Å². The number of fused-ring (bicyclic) bond motifs is 1. The number of rotatable bonds is 5. The number of halogens is 1. The minimum atomic E-state index is -0.340. The highest BCUT2D eigenvalue weighted by molar-refractivity contribution is 5.85. The number of aromatic nitrogens is 1. The predicted octanol–water partition coefficient (Wildman–Crippen LogP) is 2.14. The predicted molar refractivity (Wildman–Crippen MR) is 78.9 cm³/mol. The Kier molecular flexibility index (Phi) is 6.02. The molecule has 0 radical (unpaired) electrons. The Morgan fingerprint density at radius 2 is 2.16 bits per heavy atom. The molecule has 0 saturated heterocycles.